The number of fused-ring (bicyclic) bond motifs is 1. The number of nitrogens with two attached hydrogens (primary N) is 1. The summed E-state index contributed by atoms with van der Waals surface area (Å²) in [4.78, 5) is 0. The number of thioether (sulfide) groups is 1. The molecule has 2 fully saturated rings. The smallest absolute Gasteiger partial charge is 0.0918 e. The molecule has 0 bridgehead atoms. The molecule has 2 aliphatic heterocycles. The van der Waals surface area contributed by atoms with Crippen LogP contribution >= 0.6 is 11.8 Å². The molecule has 2 aliphatic rings. The Labute approximate surface area is 102 Å². The summed E-state index contributed by atoms with van der Waals surface area (Å²) < 4.78 is 0. The molecule has 0 aromatic carbocycles. The highest BCUT2D eigenvalue weighted by atomic mass is 32.2. The predicted octanol–water partition coefficient (Wildman–Crippen LogP) is 1.54. The maximum absolute atomic E-state index is 5.56. The van der Waals surface area contributed by atoms with Crippen LogP contribution in [0.3, 0.4) is 0 Å². The first-order valence-corrected chi connectivity index (χ1v) is 6.98. The molecule has 0 aromatic heterocycles. The Balaban J connectivity index is 1.70. The SMILES string of the molecule is C=C(N)CCCC[C@@H]1SCC2NC(=C)NC21. The second kappa shape index (κ2) is 5.04. The molecule has 16 heavy (non-hydrogen) atoms. The van der Waals surface area contributed by atoms with Gasteiger partial charge in [0.1, 0.15) is 0 Å². The van der Waals surface area contributed by atoms with Gasteiger partial charge in [-0.1, -0.05) is 19.6 Å². The van der Waals surface area contributed by atoms with Gasteiger partial charge in [0.25, 0.3) is 0 Å². The summed E-state index contributed by atoms with van der Waals surface area (Å²) in [7, 11) is 0. The molecule has 0 radical (unpaired) electrons. The molecule has 0 aliphatic carbocycles. The number of rotatable bonds is 5. The number of unbranched alkanes of at least 4 members (excludes halogenated alkanes) is 1. The zero-order chi connectivity index (χ0) is 11.5. The van der Waals surface area contributed by atoms with Crippen molar-refractivity contribution in [3.63, 3.8) is 0 Å². The third-order valence-corrected chi connectivity index (χ3v) is 4.77. The van der Waals surface area contributed by atoms with Crippen molar-refractivity contribution in [2.75, 3.05) is 5.75 Å². The van der Waals surface area contributed by atoms with Crippen molar-refractivity contribution in [3.8, 4) is 0 Å². The van der Waals surface area contributed by atoms with Crippen LogP contribution in [-0.4, -0.2) is 23.1 Å². The van der Waals surface area contributed by atoms with Crippen molar-refractivity contribution in [1.82, 2.24) is 10.6 Å². The van der Waals surface area contributed by atoms with Crippen LogP contribution in [0.15, 0.2) is 24.7 Å². The summed E-state index contributed by atoms with van der Waals surface area (Å²) in [6, 6.07) is 1.17. The fourth-order valence-electron chi connectivity index (χ4n) is 2.45. The van der Waals surface area contributed by atoms with Crippen LogP contribution in [0.25, 0.3) is 0 Å². The predicted molar refractivity (Wildman–Crippen MR) is 71.0 cm³/mol. The van der Waals surface area contributed by atoms with Crippen LogP contribution in [0.2, 0.25) is 0 Å². The van der Waals surface area contributed by atoms with E-state index in [4.69, 9.17) is 5.73 Å². The number of hydrogen-bond donors (Lipinski definition) is 3. The van der Waals surface area contributed by atoms with Crippen molar-refractivity contribution in [2.45, 2.75) is 43.0 Å². The van der Waals surface area contributed by atoms with Crippen LogP contribution in [-0.2, 0) is 0 Å². The summed E-state index contributed by atoms with van der Waals surface area (Å²) in [5, 5.41) is 7.57. The van der Waals surface area contributed by atoms with Gasteiger partial charge in [0.2, 0.25) is 0 Å². The molecule has 0 saturated carbocycles. The van der Waals surface area contributed by atoms with Gasteiger partial charge in [0.15, 0.2) is 0 Å². The van der Waals surface area contributed by atoms with Gasteiger partial charge in [-0.15, -0.1) is 0 Å². The molecule has 0 aromatic rings. The maximum atomic E-state index is 5.56. The molecule has 2 unspecified atom stereocenters. The number of hydrogen-bond acceptors (Lipinski definition) is 4. The highest BCUT2D eigenvalue weighted by Crippen LogP contribution is 2.34. The zero-order valence-electron chi connectivity index (χ0n) is 9.67. The quantitative estimate of drug-likeness (QED) is 0.637. The van der Waals surface area contributed by atoms with E-state index in [1.807, 2.05) is 0 Å². The molecule has 0 spiro atoms. The van der Waals surface area contributed by atoms with E-state index in [1.54, 1.807) is 0 Å². The van der Waals surface area contributed by atoms with Crippen molar-refractivity contribution in [1.29, 1.82) is 0 Å². The highest BCUT2D eigenvalue weighted by Gasteiger charge is 2.40. The van der Waals surface area contributed by atoms with Crippen LogP contribution in [0.4, 0.5) is 0 Å². The third kappa shape index (κ3) is 2.67. The van der Waals surface area contributed by atoms with E-state index in [0.717, 1.165) is 29.6 Å². The lowest BCUT2D eigenvalue weighted by Gasteiger charge is -2.17. The molecular formula is C12H21N3S. The lowest BCUT2D eigenvalue weighted by molar-refractivity contribution is 0.515. The molecule has 90 valence electrons. The minimum absolute atomic E-state index is 0.582. The van der Waals surface area contributed by atoms with Gasteiger partial charge in [-0.2, -0.15) is 11.8 Å². The largest absolute Gasteiger partial charge is 0.403 e. The minimum atomic E-state index is 0.582. The lowest BCUT2D eigenvalue weighted by atomic mass is 10.0. The average Bonchev–Trinajstić information content (AvgIpc) is 2.72. The summed E-state index contributed by atoms with van der Waals surface area (Å²) in [6.07, 6.45) is 4.63. The van der Waals surface area contributed by atoms with Crippen LogP contribution in [0.5, 0.6) is 0 Å². The van der Waals surface area contributed by atoms with E-state index in [9.17, 15) is 0 Å². The molecule has 2 rings (SSSR count). The third-order valence-electron chi connectivity index (χ3n) is 3.26. The number of nitrogens with one attached hydrogen (secondary N) is 2. The lowest BCUT2D eigenvalue weighted by Crippen LogP contribution is -2.36. The summed E-state index contributed by atoms with van der Waals surface area (Å²) in [6.45, 7) is 7.66. The standard InChI is InChI=1S/C12H21N3S/c1-8(13)5-3-4-6-11-12-10(7-16-11)14-9(2)15-12/h10-12,14-15H,1-7,13H2/t10?,11-,12?/m0/s1. The van der Waals surface area contributed by atoms with E-state index < -0.39 is 0 Å². The van der Waals surface area contributed by atoms with Crippen molar-refractivity contribution >= 4 is 11.8 Å². The minimum Gasteiger partial charge on any atom is -0.403 e. The van der Waals surface area contributed by atoms with Gasteiger partial charge in [-0.25, -0.2) is 0 Å². The zero-order valence-corrected chi connectivity index (χ0v) is 10.5. The van der Waals surface area contributed by atoms with Crippen LogP contribution in [0, 0.1) is 0 Å². The van der Waals surface area contributed by atoms with E-state index in [0.29, 0.717) is 12.1 Å². The molecule has 4 heteroatoms. The van der Waals surface area contributed by atoms with Gasteiger partial charge >= 0.3 is 0 Å². The second-order valence-electron chi connectivity index (χ2n) is 4.68. The van der Waals surface area contributed by atoms with Crippen LogP contribution < -0.4 is 16.4 Å². The first-order chi connectivity index (χ1) is 7.66. The van der Waals surface area contributed by atoms with Gasteiger partial charge in [0.05, 0.1) is 17.9 Å². The highest BCUT2D eigenvalue weighted by molar-refractivity contribution is 8.00. The Morgan fingerprint density at radius 2 is 2.25 bits per heavy atom. The van der Waals surface area contributed by atoms with Gasteiger partial charge in [0, 0.05) is 16.7 Å². The van der Waals surface area contributed by atoms with E-state index in [1.165, 1.54) is 18.6 Å². The van der Waals surface area contributed by atoms with Crippen molar-refractivity contribution in [2.24, 2.45) is 5.73 Å². The van der Waals surface area contributed by atoms with Gasteiger partial charge in [-0.05, 0) is 19.3 Å². The topological polar surface area (TPSA) is 50.1 Å². The second-order valence-corrected chi connectivity index (χ2v) is 5.95. The summed E-state index contributed by atoms with van der Waals surface area (Å²) in [5.74, 6) is 2.20. The normalized spacial score (nSPS) is 32.0. The average molecular weight is 239 g/mol. The van der Waals surface area contributed by atoms with E-state index in [-0.39, 0.29) is 0 Å². The first-order valence-electron chi connectivity index (χ1n) is 5.93. The monoisotopic (exact) mass is 239 g/mol. The summed E-state index contributed by atoms with van der Waals surface area (Å²) >= 11 is 2.08. The van der Waals surface area contributed by atoms with E-state index in [2.05, 4.69) is 35.6 Å². The first kappa shape index (κ1) is 11.7. The Kier molecular flexibility index (Phi) is 3.69. The Bertz CT molecular complexity index is 290. The van der Waals surface area contributed by atoms with E-state index >= 15 is 0 Å². The fourth-order valence-corrected chi connectivity index (χ4v) is 3.99. The maximum Gasteiger partial charge on any atom is 0.0918 e. The fraction of sp³-hybridized carbons (Fsp3) is 0.667. The molecule has 4 N–H and O–H groups in total. The van der Waals surface area contributed by atoms with Crippen molar-refractivity contribution < 1.29 is 0 Å². The Morgan fingerprint density at radius 3 is 3.00 bits per heavy atom. The molecule has 0 amide bonds. The molecular weight excluding hydrogens is 218 g/mol. The van der Waals surface area contributed by atoms with Gasteiger partial charge < -0.3 is 16.4 Å². The molecule has 2 saturated heterocycles. The summed E-state index contributed by atoms with van der Waals surface area (Å²) in [5.41, 5.74) is 6.37. The van der Waals surface area contributed by atoms with Crippen LogP contribution in [0.1, 0.15) is 25.7 Å². The van der Waals surface area contributed by atoms with Gasteiger partial charge in [-0.3, -0.25) is 0 Å². The molecule has 3 nitrogen and oxygen atoms in total. The Morgan fingerprint density at radius 1 is 1.44 bits per heavy atom. The number of allylic oxidation sites excluding steroid dienone is 1. The molecule has 3 atom stereocenters. The molecule has 2 heterocycles. The van der Waals surface area contributed by atoms with Crippen molar-refractivity contribution in [3.05, 3.63) is 24.7 Å². The Hall–Kier alpha value is -0.770.